The Morgan fingerprint density at radius 3 is 2.21 bits per heavy atom. The lowest BCUT2D eigenvalue weighted by Gasteiger charge is -2.35. The van der Waals surface area contributed by atoms with Crippen molar-refractivity contribution in [1.82, 2.24) is 4.90 Å². The number of carbonyl (C=O) groups excluding carboxylic acids is 2. The molecular formula is C15H27NO3. The van der Waals surface area contributed by atoms with E-state index in [0.717, 1.165) is 37.9 Å². The molecule has 19 heavy (non-hydrogen) atoms. The van der Waals surface area contributed by atoms with Gasteiger partial charge >= 0.3 is 6.09 Å². The normalized spacial score (nSPS) is 25.5. The molecule has 1 aliphatic carbocycles. The summed E-state index contributed by atoms with van der Waals surface area (Å²) in [6.07, 6.45) is 4.78. The average molecular weight is 269 g/mol. The summed E-state index contributed by atoms with van der Waals surface area (Å²) in [5.74, 6) is 1.00. The standard InChI is InChI=1S/C15H27NO3/c1-11-6-8-12(9-7-11)13(10-17)16(5)14(18)19-15(2,3)4/h10-13H,6-9H2,1-5H3. The second kappa shape index (κ2) is 6.40. The predicted molar refractivity (Wildman–Crippen MR) is 75.0 cm³/mol. The summed E-state index contributed by atoms with van der Waals surface area (Å²) in [6.45, 7) is 7.73. The van der Waals surface area contributed by atoms with Crippen LogP contribution >= 0.6 is 0 Å². The topological polar surface area (TPSA) is 46.6 Å². The minimum atomic E-state index is -0.528. The van der Waals surface area contributed by atoms with Gasteiger partial charge in [-0.3, -0.25) is 0 Å². The lowest BCUT2D eigenvalue weighted by Crippen LogP contribution is -2.46. The summed E-state index contributed by atoms with van der Waals surface area (Å²) in [7, 11) is 1.66. The maximum absolute atomic E-state index is 12.0. The molecule has 1 amide bonds. The Bertz CT molecular complexity index is 314. The first-order valence-electron chi connectivity index (χ1n) is 7.15. The van der Waals surface area contributed by atoms with Crippen LogP contribution in [0.15, 0.2) is 0 Å². The van der Waals surface area contributed by atoms with Crippen LogP contribution in [0.3, 0.4) is 0 Å². The monoisotopic (exact) mass is 269 g/mol. The summed E-state index contributed by atoms with van der Waals surface area (Å²) in [4.78, 5) is 24.8. The zero-order chi connectivity index (χ0) is 14.6. The Labute approximate surface area is 116 Å². The second-order valence-electron chi connectivity index (χ2n) is 6.74. The first-order valence-corrected chi connectivity index (χ1v) is 7.15. The van der Waals surface area contributed by atoms with Crippen molar-refractivity contribution in [2.45, 2.75) is 65.0 Å². The fraction of sp³-hybridized carbons (Fsp3) is 0.867. The molecule has 1 unspecified atom stereocenters. The van der Waals surface area contributed by atoms with Crippen LogP contribution in [0.25, 0.3) is 0 Å². The van der Waals surface area contributed by atoms with E-state index in [1.54, 1.807) is 7.05 Å². The van der Waals surface area contributed by atoms with E-state index in [2.05, 4.69) is 6.92 Å². The van der Waals surface area contributed by atoms with Crippen molar-refractivity contribution in [3.8, 4) is 0 Å². The molecule has 1 saturated carbocycles. The van der Waals surface area contributed by atoms with Gasteiger partial charge in [0.25, 0.3) is 0 Å². The lowest BCUT2D eigenvalue weighted by atomic mass is 9.79. The summed E-state index contributed by atoms with van der Waals surface area (Å²) < 4.78 is 5.32. The average Bonchev–Trinajstić information content (AvgIpc) is 2.30. The van der Waals surface area contributed by atoms with Crippen molar-refractivity contribution < 1.29 is 14.3 Å². The number of nitrogens with zero attached hydrogens (tertiary/aromatic N) is 1. The minimum Gasteiger partial charge on any atom is -0.444 e. The molecule has 1 atom stereocenters. The van der Waals surface area contributed by atoms with E-state index in [1.807, 2.05) is 20.8 Å². The van der Waals surface area contributed by atoms with Gasteiger partial charge in [-0.1, -0.05) is 19.8 Å². The molecule has 4 nitrogen and oxygen atoms in total. The molecule has 1 aliphatic rings. The summed E-state index contributed by atoms with van der Waals surface area (Å²) in [5.41, 5.74) is -0.528. The maximum atomic E-state index is 12.0. The molecular weight excluding hydrogens is 242 g/mol. The van der Waals surface area contributed by atoms with Gasteiger partial charge in [-0.05, 0) is 45.4 Å². The molecule has 0 spiro atoms. The Morgan fingerprint density at radius 1 is 1.26 bits per heavy atom. The first-order chi connectivity index (χ1) is 8.74. The molecule has 1 rings (SSSR count). The fourth-order valence-electron chi connectivity index (χ4n) is 2.60. The molecule has 0 bridgehead atoms. The van der Waals surface area contributed by atoms with Gasteiger partial charge in [-0.25, -0.2) is 4.79 Å². The largest absolute Gasteiger partial charge is 0.444 e. The van der Waals surface area contributed by atoms with Crippen molar-refractivity contribution in [3.05, 3.63) is 0 Å². The minimum absolute atomic E-state index is 0.270. The van der Waals surface area contributed by atoms with E-state index in [1.165, 1.54) is 4.90 Å². The van der Waals surface area contributed by atoms with Gasteiger partial charge < -0.3 is 14.4 Å². The molecule has 0 radical (unpaired) electrons. The van der Waals surface area contributed by atoms with Gasteiger partial charge in [0.1, 0.15) is 11.9 Å². The SMILES string of the molecule is CC1CCC(C(C=O)N(C)C(=O)OC(C)(C)C)CC1. The highest BCUT2D eigenvalue weighted by Crippen LogP contribution is 2.31. The molecule has 0 aromatic carbocycles. The van der Waals surface area contributed by atoms with E-state index < -0.39 is 11.7 Å². The number of hydrogen-bond acceptors (Lipinski definition) is 3. The molecule has 0 N–H and O–H groups in total. The molecule has 4 heteroatoms. The third kappa shape index (κ3) is 4.84. The van der Waals surface area contributed by atoms with Crippen LogP contribution in [-0.4, -0.2) is 36.0 Å². The zero-order valence-corrected chi connectivity index (χ0v) is 12.8. The third-order valence-electron chi connectivity index (χ3n) is 3.81. The predicted octanol–water partition coefficient (Wildman–Crippen LogP) is 3.25. The van der Waals surface area contributed by atoms with Gasteiger partial charge in [-0.15, -0.1) is 0 Å². The zero-order valence-electron chi connectivity index (χ0n) is 12.8. The number of ether oxygens (including phenoxy) is 1. The van der Waals surface area contributed by atoms with E-state index >= 15 is 0 Å². The number of hydrogen-bond donors (Lipinski definition) is 0. The number of carbonyl (C=O) groups is 2. The van der Waals surface area contributed by atoms with Gasteiger partial charge in [0.15, 0.2) is 0 Å². The van der Waals surface area contributed by atoms with Crippen LogP contribution in [0.1, 0.15) is 53.4 Å². The van der Waals surface area contributed by atoms with E-state index in [9.17, 15) is 9.59 Å². The smallest absolute Gasteiger partial charge is 0.410 e. The van der Waals surface area contributed by atoms with Gasteiger partial charge in [0.05, 0.1) is 6.04 Å². The van der Waals surface area contributed by atoms with Gasteiger partial charge in [0.2, 0.25) is 0 Å². The fourth-order valence-corrected chi connectivity index (χ4v) is 2.60. The van der Waals surface area contributed by atoms with Crippen LogP contribution in [0.5, 0.6) is 0 Å². The quantitative estimate of drug-likeness (QED) is 0.739. The Kier molecular flexibility index (Phi) is 5.39. The number of amides is 1. The van der Waals surface area contributed by atoms with E-state index in [4.69, 9.17) is 4.74 Å². The van der Waals surface area contributed by atoms with Crippen molar-refractivity contribution >= 4 is 12.4 Å². The molecule has 0 aromatic heterocycles. The molecule has 0 heterocycles. The lowest BCUT2D eigenvalue weighted by molar-refractivity contribution is -0.114. The van der Waals surface area contributed by atoms with Gasteiger partial charge in [-0.2, -0.15) is 0 Å². The Morgan fingerprint density at radius 2 is 1.79 bits per heavy atom. The van der Waals surface area contributed by atoms with Crippen molar-refractivity contribution in [1.29, 1.82) is 0 Å². The number of rotatable bonds is 3. The molecule has 0 aliphatic heterocycles. The van der Waals surface area contributed by atoms with Crippen LogP contribution in [0.2, 0.25) is 0 Å². The highest BCUT2D eigenvalue weighted by molar-refractivity contribution is 5.73. The third-order valence-corrected chi connectivity index (χ3v) is 3.81. The van der Waals surface area contributed by atoms with Crippen molar-refractivity contribution in [2.24, 2.45) is 11.8 Å². The number of aldehydes is 1. The van der Waals surface area contributed by atoms with E-state index in [-0.39, 0.29) is 12.0 Å². The highest BCUT2D eigenvalue weighted by atomic mass is 16.6. The molecule has 1 fully saturated rings. The summed E-state index contributed by atoms with van der Waals surface area (Å²) in [6, 6.07) is -0.359. The molecule has 110 valence electrons. The number of likely N-dealkylation sites (N-methyl/N-ethyl adjacent to an activating group) is 1. The van der Waals surface area contributed by atoms with Crippen LogP contribution in [0.4, 0.5) is 4.79 Å². The first kappa shape index (κ1) is 16.0. The summed E-state index contributed by atoms with van der Waals surface area (Å²) >= 11 is 0. The second-order valence-corrected chi connectivity index (χ2v) is 6.74. The van der Waals surface area contributed by atoms with Crippen LogP contribution in [0, 0.1) is 11.8 Å². The summed E-state index contributed by atoms with van der Waals surface area (Å²) in [5, 5.41) is 0. The molecule has 0 aromatic rings. The highest BCUT2D eigenvalue weighted by Gasteiger charge is 2.32. The maximum Gasteiger partial charge on any atom is 0.410 e. The molecule has 0 saturated heterocycles. The van der Waals surface area contributed by atoms with Crippen molar-refractivity contribution in [3.63, 3.8) is 0 Å². The van der Waals surface area contributed by atoms with Crippen LogP contribution < -0.4 is 0 Å². The van der Waals surface area contributed by atoms with Gasteiger partial charge in [0, 0.05) is 7.05 Å². The van der Waals surface area contributed by atoms with E-state index in [0.29, 0.717) is 0 Å². The van der Waals surface area contributed by atoms with Crippen molar-refractivity contribution in [2.75, 3.05) is 7.05 Å². The van der Waals surface area contributed by atoms with Crippen LogP contribution in [-0.2, 0) is 9.53 Å². The Hall–Kier alpha value is -1.06. The Balaban J connectivity index is 2.63.